The van der Waals surface area contributed by atoms with Crippen molar-refractivity contribution >= 4 is 35.3 Å². The maximum Gasteiger partial charge on any atom is 0.289 e. The van der Waals surface area contributed by atoms with Gasteiger partial charge >= 0.3 is 0 Å². The van der Waals surface area contributed by atoms with Crippen molar-refractivity contribution < 1.29 is 28.8 Å². The van der Waals surface area contributed by atoms with Crippen molar-refractivity contribution in [2.75, 3.05) is 6.54 Å². The molecule has 5 N–H and O–H groups in total. The number of rotatable bonds is 16. The third-order valence-corrected chi connectivity index (χ3v) is 7.80. The van der Waals surface area contributed by atoms with Gasteiger partial charge in [0.25, 0.3) is 5.91 Å². The topological polar surface area (TPSA) is 163 Å². The van der Waals surface area contributed by atoms with Gasteiger partial charge in [0.2, 0.25) is 29.4 Å². The van der Waals surface area contributed by atoms with Crippen molar-refractivity contribution in [2.24, 2.45) is 5.92 Å². The van der Waals surface area contributed by atoms with Gasteiger partial charge < -0.3 is 26.6 Å². The molecular formula is C33H41N5O6. The van der Waals surface area contributed by atoms with Crippen LogP contribution in [0.3, 0.4) is 0 Å². The summed E-state index contributed by atoms with van der Waals surface area (Å²) >= 11 is 0. The highest BCUT2D eigenvalue weighted by atomic mass is 16.2. The molecule has 0 unspecified atom stereocenters. The second kappa shape index (κ2) is 15.8. The summed E-state index contributed by atoms with van der Waals surface area (Å²) in [4.78, 5) is 78.1. The molecule has 11 heteroatoms. The van der Waals surface area contributed by atoms with Gasteiger partial charge in [-0.25, -0.2) is 0 Å². The van der Waals surface area contributed by atoms with Crippen molar-refractivity contribution in [3.63, 3.8) is 0 Å². The Morgan fingerprint density at radius 1 is 0.795 bits per heavy atom. The summed E-state index contributed by atoms with van der Waals surface area (Å²) in [6.07, 6.45) is 3.12. The molecular weight excluding hydrogens is 562 g/mol. The Kier molecular flexibility index (Phi) is 11.6. The molecule has 2 aliphatic rings. The first-order valence-corrected chi connectivity index (χ1v) is 15.3. The average molecular weight is 604 g/mol. The lowest BCUT2D eigenvalue weighted by Crippen LogP contribution is -2.57. The van der Waals surface area contributed by atoms with Crippen molar-refractivity contribution in [3.05, 3.63) is 71.8 Å². The summed E-state index contributed by atoms with van der Waals surface area (Å²) < 4.78 is 0. The Morgan fingerprint density at radius 2 is 1.41 bits per heavy atom. The fraction of sp³-hybridized carbons (Fsp3) is 0.455. The highest BCUT2D eigenvalue weighted by Crippen LogP contribution is 2.20. The van der Waals surface area contributed by atoms with E-state index in [4.69, 9.17) is 0 Å². The lowest BCUT2D eigenvalue weighted by atomic mass is 9.95. The second-order valence-corrected chi connectivity index (χ2v) is 11.5. The number of hydrogen-bond donors (Lipinski definition) is 5. The lowest BCUT2D eigenvalue weighted by Gasteiger charge is -2.26. The monoisotopic (exact) mass is 603 g/mol. The third kappa shape index (κ3) is 9.75. The van der Waals surface area contributed by atoms with Crippen molar-refractivity contribution in [1.29, 1.82) is 0 Å². The van der Waals surface area contributed by atoms with Crippen LogP contribution >= 0.6 is 0 Å². The molecule has 1 saturated heterocycles. The zero-order valence-corrected chi connectivity index (χ0v) is 25.0. The van der Waals surface area contributed by atoms with Crippen LogP contribution < -0.4 is 26.6 Å². The highest BCUT2D eigenvalue weighted by Gasteiger charge is 2.37. The van der Waals surface area contributed by atoms with Gasteiger partial charge in [-0.15, -0.1) is 0 Å². The van der Waals surface area contributed by atoms with Gasteiger partial charge in [0.05, 0.1) is 12.5 Å². The molecule has 0 spiro atoms. The Hall–Kier alpha value is -4.54. The molecule has 44 heavy (non-hydrogen) atoms. The summed E-state index contributed by atoms with van der Waals surface area (Å²) in [6, 6.07) is 15.1. The van der Waals surface area contributed by atoms with E-state index in [0.717, 1.165) is 24.0 Å². The van der Waals surface area contributed by atoms with E-state index in [0.29, 0.717) is 19.4 Å². The molecule has 1 heterocycles. The number of carbonyl (C=O) groups excluding carboxylic acids is 6. The third-order valence-electron chi connectivity index (χ3n) is 7.80. The van der Waals surface area contributed by atoms with Gasteiger partial charge in [0, 0.05) is 24.9 Å². The lowest BCUT2D eigenvalue weighted by molar-refractivity contribution is -0.141. The van der Waals surface area contributed by atoms with Gasteiger partial charge in [0.15, 0.2) is 0 Å². The normalized spacial score (nSPS) is 17.8. The number of ketones is 1. The zero-order chi connectivity index (χ0) is 31.5. The minimum atomic E-state index is -1.22. The first kappa shape index (κ1) is 32.4. The summed E-state index contributed by atoms with van der Waals surface area (Å²) in [5.41, 5.74) is 1.62. The standard InChI is InChI=1S/C33H41N5O6/c1-2-9-25(31(42)38-26(20-23-16-17-34-30(23)41)29(40)33(44)35-24-14-15-24)37-32(43)27(18-21-10-5-3-6-11-21)36-28(39)19-22-12-7-4-8-13-22/h3-8,10-13,23-27H,2,9,14-20H2,1H3,(H,34,41)(H,35,44)(H,36,39)(H,37,43)(H,38,42)/t23-,25-,26-,27+/m0/s1. The van der Waals surface area contributed by atoms with Crippen LogP contribution in [-0.4, -0.2) is 66.0 Å². The van der Waals surface area contributed by atoms with Crippen LogP contribution in [-0.2, 0) is 41.6 Å². The smallest absolute Gasteiger partial charge is 0.289 e. The number of Topliss-reactive ketones (excluding diaryl/α,β-unsaturated/α-hetero) is 1. The molecule has 2 aromatic rings. The van der Waals surface area contributed by atoms with E-state index >= 15 is 0 Å². The van der Waals surface area contributed by atoms with Crippen LogP contribution in [0.4, 0.5) is 0 Å². The molecule has 11 nitrogen and oxygen atoms in total. The summed E-state index contributed by atoms with van der Waals surface area (Å²) in [5.74, 6) is -3.89. The quantitative estimate of drug-likeness (QED) is 0.181. The van der Waals surface area contributed by atoms with Crippen LogP contribution in [0.5, 0.6) is 0 Å². The Bertz CT molecular complexity index is 1330. The summed E-state index contributed by atoms with van der Waals surface area (Å²) in [5, 5.41) is 13.6. The van der Waals surface area contributed by atoms with Gasteiger partial charge in [0.1, 0.15) is 12.1 Å². The Labute approximate surface area is 257 Å². The van der Waals surface area contributed by atoms with E-state index < -0.39 is 47.5 Å². The van der Waals surface area contributed by atoms with Crippen molar-refractivity contribution in [2.45, 2.75) is 82.5 Å². The number of carbonyl (C=O) groups is 6. The largest absolute Gasteiger partial charge is 0.356 e. The molecule has 2 fully saturated rings. The molecule has 234 valence electrons. The molecule has 1 aliphatic heterocycles. The molecule has 4 rings (SSSR count). The first-order valence-electron chi connectivity index (χ1n) is 15.3. The SMILES string of the molecule is CCC[C@H](NC(=O)[C@@H](Cc1ccccc1)NC(=O)Cc1ccccc1)C(=O)N[C@@H](C[C@@H]1CCNC1=O)C(=O)C(=O)NC1CC1. The molecule has 0 bridgehead atoms. The molecule has 1 saturated carbocycles. The molecule has 1 aliphatic carbocycles. The predicted molar refractivity (Wildman–Crippen MR) is 163 cm³/mol. The molecule has 2 aromatic carbocycles. The van der Waals surface area contributed by atoms with Gasteiger partial charge in [-0.3, -0.25) is 28.8 Å². The molecule has 0 radical (unpaired) electrons. The van der Waals surface area contributed by atoms with Crippen molar-refractivity contribution in [3.8, 4) is 0 Å². The molecule has 5 amide bonds. The maximum atomic E-state index is 13.6. The van der Waals surface area contributed by atoms with Crippen LogP contribution in [0.2, 0.25) is 0 Å². The van der Waals surface area contributed by atoms with E-state index in [1.54, 1.807) is 0 Å². The van der Waals surface area contributed by atoms with Crippen LogP contribution in [0.25, 0.3) is 0 Å². The van der Waals surface area contributed by atoms with Gasteiger partial charge in [-0.05, 0) is 43.2 Å². The van der Waals surface area contributed by atoms with Crippen molar-refractivity contribution in [1.82, 2.24) is 26.6 Å². The summed E-state index contributed by atoms with van der Waals surface area (Å²) in [7, 11) is 0. The highest BCUT2D eigenvalue weighted by molar-refractivity contribution is 6.38. The second-order valence-electron chi connectivity index (χ2n) is 11.5. The number of nitrogens with one attached hydrogen (secondary N) is 5. The fourth-order valence-corrected chi connectivity index (χ4v) is 5.22. The predicted octanol–water partition coefficient (Wildman–Crippen LogP) is 1.10. The van der Waals surface area contributed by atoms with Crippen LogP contribution in [0.15, 0.2) is 60.7 Å². The fourth-order valence-electron chi connectivity index (χ4n) is 5.22. The van der Waals surface area contributed by atoms with E-state index in [9.17, 15) is 28.8 Å². The Morgan fingerprint density at radius 3 is 2.00 bits per heavy atom. The average Bonchev–Trinajstić information content (AvgIpc) is 3.74. The first-order chi connectivity index (χ1) is 21.2. The van der Waals surface area contributed by atoms with E-state index in [1.807, 2.05) is 67.6 Å². The molecule has 0 aromatic heterocycles. The van der Waals surface area contributed by atoms with E-state index in [2.05, 4.69) is 26.6 Å². The summed E-state index contributed by atoms with van der Waals surface area (Å²) in [6.45, 7) is 2.31. The molecule has 4 atom stereocenters. The maximum absolute atomic E-state index is 13.6. The van der Waals surface area contributed by atoms with E-state index in [-0.39, 0.29) is 43.5 Å². The van der Waals surface area contributed by atoms with E-state index in [1.165, 1.54) is 0 Å². The van der Waals surface area contributed by atoms with Gasteiger partial charge in [-0.2, -0.15) is 0 Å². The zero-order valence-electron chi connectivity index (χ0n) is 25.0. The van der Waals surface area contributed by atoms with Crippen LogP contribution in [0, 0.1) is 5.92 Å². The Balaban J connectivity index is 1.46. The number of amides is 5. The number of hydrogen-bond acceptors (Lipinski definition) is 6. The minimum absolute atomic E-state index is 0.0204. The number of benzene rings is 2. The minimum Gasteiger partial charge on any atom is -0.356 e. The van der Waals surface area contributed by atoms with Gasteiger partial charge in [-0.1, -0.05) is 74.0 Å². The van der Waals surface area contributed by atoms with Crippen LogP contribution in [0.1, 0.15) is 56.6 Å².